The molecule has 3 N–H and O–H groups in total. The van der Waals surface area contributed by atoms with Crippen LogP contribution in [-0.4, -0.2) is 26.8 Å². The van der Waals surface area contributed by atoms with Crippen molar-refractivity contribution in [2.45, 2.75) is 13.3 Å². The molecule has 0 aliphatic rings. The zero-order valence-corrected chi connectivity index (χ0v) is 16.8. The number of fused-ring (bicyclic) bond motifs is 1. The molecule has 4 aromatic rings. The molecule has 2 amide bonds. The summed E-state index contributed by atoms with van der Waals surface area (Å²) in [5.41, 5.74) is 2.11. The molecule has 0 unspecified atom stereocenters. The molecule has 29 heavy (non-hydrogen) atoms. The van der Waals surface area contributed by atoms with Crippen LogP contribution < -0.4 is 16.2 Å². The molecule has 10 heteroatoms. The highest BCUT2D eigenvalue weighted by atomic mass is 32.1. The van der Waals surface area contributed by atoms with E-state index in [0.29, 0.717) is 22.1 Å². The highest BCUT2D eigenvalue weighted by Crippen LogP contribution is 2.24. The van der Waals surface area contributed by atoms with E-state index in [1.54, 1.807) is 16.7 Å². The fraction of sp³-hybridized carbons (Fsp3) is 0.105. The zero-order chi connectivity index (χ0) is 20.4. The normalized spacial score (nSPS) is 10.8. The molecule has 8 nitrogen and oxygen atoms in total. The lowest BCUT2D eigenvalue weighted by Gasteiger charge is -2.04. The number of anilines is 2. The summed E-state index contributed by atoms with van der Waals surface area (Å²) >= 11 is 2.83. The van der Waals surface area contributed by atoms with Crippen LogP contribution in [0.25, 0.3) is 10.2 Å². The minimum absolute atomic E-state index is 0.0825. The van der Waals surface area contributed by atoms with Crippen molar-refractivity contribution in [3.63, 3.8) is 0 Å². The van der Waals surface area contributed by atoms with E-state index in [4.69, 9.17) is 0 Å². The fourth-order valence-corrected chi connectivity index (χ4v) is 4.17. The third-order valence-electron chi connectivity index (χ3n) is 3.94. The van der Waals surface area contributed by atoms with Crippen molar-refractivity contribution in [2.75, 3.05) is 10.6 Å². The summed E-state index contributed by atoms with van der Waals surface area (Å²) in [6.07, 6.45) is 1.42. The number of hydrogen-bond acceptors (Lipinski definition) is 7. The maximum absolute atomic E-state index is 12.3. The summed E-state index contributed by atoms with van der Waals surface area (Å²) in [7, 11) is 0. The van der Waals surface area contributed by atoms with Gasteiger partial charge >= 0.3 is 0 Å². The molecular weight excluding hydrogens is 410 g/mol. The predicted octanol–water partition coefficient (Wildman–Crippen LogP) is 3.18. The highest BCUT2D eigenvalue weighted by molar-refractivity contribution is 7.18. The third kappa shape index (κ3) is 4.55. The Labute approximate surface area is 172 Å². The van der Waals surface area contributed by atoms with E-state index in [-0.39, 0.29) is 17.9 Å². The molecular formula is C19H15N5O3S2. The summed E-state index contributed by atoms with van der Waals surface area (Å²) in [5, 5.41) is 8.56. The average molecular weight is 425 g/mol. The molecule has 0 spiro atoms. The Morgan fingerprint density at radius 2 is 2.00 bits per heavy atom. The van der Waals surface area contributed by atoms with Crippen LogP contribution in [0.15, 0.2) is 46.7 Å². The third-order valence-corrected chi connectivity index (χ3v) is 5.70. The first-order chi connectivity index (χ1) is 14.0. The number of aryl methyl sites for hydroxylation is 1. The van der Waals surface area contributed by atoms with Gasteiger partial charge in [0.15, 0.2) is 5.13 Å². The van der Waals surface area contributed by atoms with Crippen molar-refractivity contribution in [1.82, 2.24) is 15.0 Å². The van der Waals surface area contributed by atoms with Crippen molar-refractivity contribution in [2.24, 2.45) is 0 Å². The smallest absolute Gasteiger partial charge is 0.258 e. The van der Waals surface area contributed by atoms with Crippen molar-refractivity contribution in [1.29, 1.82) is 0 Å². The molecule has 3 heterocycles. The monoisotopic (exact) mass is 425 g/mol. The molecule has 146 valence electrons. The number of aromatic nitrogens is 3. The minimum atomic E-state index is -0.390. The van der Waals surface area contributed by atoms with E-state index in [0.717, 1.165) is 15.2 Å². The Morgan fingerprint density at radius 1 is 1.14 bits per heavy atom. The maximum Gasteiger partial charge on any atom is 0.258 e. The molecule has 0 radical (unpaired) electrons. The molecule has 0 aliphatic carbocycles. The van der Waals surface area contributed by atoms with Gasteiger partial charge in [0.25, 0.3) is 5.91 Å². The summed E-state index contributed by atoms with van der Waals surface area (Å²) in [4.78, 5) is 46.7. The van der Waals surface area contributed by atoms with Gasteiger partial charge in [-0.05, 0) is 31.2 Å². The number of hydrogen-bond donors (Lipinski definition) is 3. The van der Waals surface area contributed by atoms with Crippen LogP contribution in [0.5, 0.6) is 0 Å². The second-order valence-electron chi connectivity index (χ2n) is 6.18. The van der Waals surface area contributed by atoms with Crippen LogP contribution in [0.3, 0.4) is 0 Å². The van der Waals surface area contributed by atoms with Gasteiger partial charge in [0.1, 0.15) is 0 Å². The van der Waals surface area contributed by atoms with Crippen LogP contribution in [0, 0.1) is 6.92 Å². The summed E-state index contributed by atoms with van der Waals surface area (Å²) < 4.78 is 1.07. The quantitative estimate of drug-likeness (QED) is 0.454. The van der Waals surface area contributed by atoms with Gasteiger partial charge in [0.2, 0.25) is 11.5 Å². The number of H-pyrrole nitrogens is 1. The van der Waals surface area contributed by atoms with Gasteiger partial charge in [-0.3, -0.25) is 19.7 Å². The molecule has 4 rings (SSSR count). The SMILES string of the molecule is Cc1nc2cc(NC(=O)Cc3csc(NC(=O)c4ccc(=O)[nH]c4)n3)ccc2s1. The van der Waals surface area contributed by atoms with Crippen molar-refractivity contribution in [3.8, 4) is 0 Å². The number of pyridine rings is 1. The van der Waals surface area contributed by atoms with Crippen molar-refractivity contribution in [3.05, 3.63) is 68.5 Å². The summed E-state index contributed by atoms with van der Waals surface area (Å²) in [6.45, 7) is 1.94. The largest absolute Gasteiger partial charge is 0.328 e. The van der Waals surface area contributed by atoms with E-state index < -0.39 is 5.91 Å². The van der Waals surface area contributed by atoms with Crippen LogP contribution in [0.4, 0.5) is 10.8 Å². The Hall–Kier alpha value is -3.37. The zero-order valence-electron chi connectivity index (χ0n) is 15.2. The van der Waals surface area contributed by atoms with Gasteiger partial charge in [-0.2, -0.15) is 0 Å². The van der Waals surface area contributed by atoms with E-state index in [2.05, 4.69) is 25.6 Å². The molecule has 0 atom stereocenters. The first kappa shape index (κ1) is 19.0. The average Bonchev–Trinajstić information content (AvgIpc) is 3.26. The number of amides is 2. The van der Waals surface area contributed by atoms with E-state index in [9.17, 15) is 14.4 Å². The number of rotatable bonds is 5. The van der Waals surface area contributed by atoms with Gasteiger partial charge in [0, 0.05) is 23.3 Å². The Morgan fingerprint density at radius 3 is 2.79 bits per heavy atom. The number of carbonyl (C=O) groups excluding carboxylic acids is 2. The van der Waals surface area contributed by atoms with E-state index in [1.165, 1.54) is 29.7 Å². The molecule has 3 aromatic heterocycles. The van der Waals surface area contributed by atoms with Gasteiger partial charge in [0.05, 0.1) is 32.9 Å². The Bertz CT molecular complexity index is 1250. The summed E-state index contributed by atoms with van der Waals surface area (Å²) in [5.74, 6) is -0.599. The van der Waals surface area contributed by atoms with Gasteiger partial charge in [-0.15, -0.1) is 22.7 Å². The lowest BCUT2D eigenvalue weighted by Crippen LogP contribution is -2.15. The Kier molecular flexibility index (Phi) is 5.19. The second-order valence-corrected chi connectivity index (χ2v) is 8.27. The first-order valence-corrected chi connectivity index (χ1v) is 10.3. The fourth-order valence-electron chi connectivity index (χ4n) is 2.66. The lowest BCUT2D eigenvalue weighted by atomic mass is 10.2. The van der Waals surface area contributed by atoms with Crippen LogP contribution in [-0.2, 0) is 11.2 Å². The number of aromatic amines is 1. The second kappa shape index (κ2) is 7.94. The van der Waals surface area contributed by atoms with Gasteiger partial charge in [-0.25, -0.2) is 9.97 Å². The topological polar surface area (TPSA) is 117 Å². The highest BCUT2D eigenvalue weighted by Gasteiger charge is 2.12. The van der Waals surface area contributed by atoms with Crippen LogP contribution >= 0.6 is 22.7 Å². The number of benzene rings is 1. The maximum atomic E-state index is 12.3. The standard InChI is InChI=1S/C19H15N5O3S2/c1-10-21-14-6-12(3-4-15(14)29-10)22-17(26)7-13-9-28-19(23-13)24-18(27)11-2-5-16(25)20-8-11/h2-6,8-9H,7H2,1H3,(H,20,25)(H,22,26)(H,23,24,27). The first-order valence-electron chi connectivity index (χ1n) is 8.58. The number of carbonyl (C=O) groups is 2. The number of thiazole rings is 2. The molecule has 0 saturated carbocycles. The van der Waals surface area contributed by atoms with E-state index >= 15 is 0 Å². The summed E-state index contributed by atoms with van der Waals surface area (Å²) in [6, 6.07) is 8.32. The van der Waals surface area contributed by atoms with E-state index in [1.807, 2.05) is 25.1 Å². The van der Waals surface area contributed by atoms with Crippen molar-refractivity contribution >= 4 is 55.5 Å². The molecule has 0 saturated heterocycles. The number of nitrogens with one attached hydrogen (secondary N) is 3. The van der Waals surface area contributed by atoms with Gasteiger partial charge < -0.3 is 10.3 Å². The predicted molar refractivity (Wildman–Crippen MR) is 114 cm³/mol. The molecule has 0 bridgehead atoms. The minimum Gasteiger partial charge on any atom is -0.328 e. The van der Waals surface area contributed by atoms with Crippen LogP contribution in [0.2, 0.25) is 0 Å². The van der Waals surface area contributed by atoms with Gasteiger partial charge in [-0.1, -0.05) is 0 Å². The van der Waals surface area contributed by atoms with Crippen molar-refractivity contribution < 1.29 is 9.59 Å². The number of nitrogens with zero attached hydrogens (tertiary/aromatic N) is 2. The molecule has 0 fully saturated rings. The lowest BCUT2D eigenvalue weighted by molar-refractivity contribution is -0.115. The Balaban J connectivity index is 1.37. The molecule has 0 aliphatic heterocycles. The molecule has 1 aromatic carbocycles. The van der Waals surface area contributed by atoms with Crippen LogP contribution in [0.1, 0.15) is 21.1 Å².